The van der Waals surface area contributed by atoms with Crippen LogP contribution in [0.1, 0.15) is 39.0 Å². The molecule has 1 atom stereocenters. The van der Waals surface area contributed by atoms with Crippen LogP contribution >= 0.6 is 0 Å². The van der Waals surface area contributed by atoms with Crippen LogP contribution in [0, 0.1) is 0 Å². The number of hydrogen-bond acceptors (Lipinski definition) is 2. The molecule has 0 aromatic rings. The first kappa shape index (κ1) is 9.07. The number of allylic oxidation sites excluding steroid dienone is 1. The maximum atomic E-state index is 3.58. The van der Waals surface area contributed by atoms with Crippen LogP contribution in [0.25, 0.3) is 0 Å². The summed E-state index contributed by atoms with van der Waals surface area (Å²) in [5.74, 6) is 0. The zero-order valence-corrected chi connectivity index (χ0v) is 8.55. The lowest BCUT2D eigenvalue weighted by molar-refractivity contribution is 0.371. The molecule has 0 aromatic carbocycles. The molecule has 0 spiro atoms. The Labute approximate surface area is 81.0 Å². The van der Waals surface area contributed by atoms with Crippen molar-refractivity contribution in [3.63, 3.8) is 0 Å². The van der Waals surface area contributed by atoms with Crippen molar-refractivity contribution >= 4 is 0 Å². The van der Waals surface area contributed by atoms with E-state index in [1.54, 1.807) is 5.70 Å². The van der Waals surface area contributed by atoms with Crippen molar-refractivity contribution < 1.29 is 0 Å². The van der Waals surface area contributed by atoms with E-state index in [0.29, 0.717) is 6.04 Å². The van der Waals surface area contributed by atoms with Gasteiger partial charge in [-0.2, -0.15) is 0 Å². The van der Waals surface area contributed by atoms with Crippen LogP contribution in [0.2, 0.25) is 0 Å². The summed E-state index contributed by atoms with van der Waals surface area (Å²) in [7, 11) is 0. The van der Waals surface area contributed by atoms with Crippen LogP contribution in [0.4, 0.5) is 0 Å². The van der Waals surface area contributed by atoms with Gasteiger partial charge in [0.2, 0.25) is 0 Å². The Morgan fingerprint density at radius 2 is 2.54 bits per heavy atom. The number of rotatable bonds is 3. The Balaban J connectivity index is 1.94. The number of fused-ring (bicyclic) bond motifs is 1. The third-order valence-corrected chi connectivity index (χ3v) is 3.08. The molecule has 13 heavy (non-hydrogen) atoms. The average molecular weight is 180 g/mol. The van der Waals surface area contributed by atoms with E-state index in [0.717, 1.165) is 6.67 Å². The lowest BCUT2D eigenvalue weighted by Crippen LogP contribution is -2.23. The molecule has 2 rings (SSSR count). The number of hydrogen-bond donors (Lipinski definition) is 1. The molecule has 1 fully saturated rings. The van der Waals surface area contributed by atoms with Gasteiger partial charge in [-0.15, -0.1) is 0 Å². The first-order valence-electron chi connectivity index (χ1n) is 5.60. The van der Waals surface area contributed by atoms with Gasteiger partial charge >= 0.3 is 0 Å². The second kappa shape index (κ2) is 4.14. The third-order valence-electron chi connectivity index (χ3n) is 3.08. The largest absolute Gasteiger partial charge is 0.361 e. The fourth-order valence-electron chi connectivity index (χ4n) is 2.29. The minimum absolute atomic E-state index is 0.686. The lowest BCUT2D eigenvalue weighted by atomic mass is 10.00. The van der Waals surface area contributed by atoms with Crippen molar-refractivity contribution in [2.24, 2.45) is 0 Å². The molecule has 1 saturated heterocycles. The number of unbranched alkanes of at least 4 members (excludes halogenated alkanes) is 1. The van der Waals surface area contributed by atoms with E-state index in [-0.39, 0.29) is 0 Å². The van der Waals surface area contributed by atoms with Crippen molar-refractivity contribution in [2.45, 2.75) is 45.1 Å². The summed E-state index contributed by atoms with van der Waals surface area (Å²) in [6, 6.07) is 0.686. The standard InChI is InChI=1S/C11H20N2/c1-2-3-8-13-9-12-10-6-4-5-7-11(10)13/h7,10,12H,2-6,8-9H2,1H3. The molecule has 0 amide bonds. The summed E-state index contributed by atoms with van der Waals surface area (Å²) in [6.07, 6.45) is 9.05. The predicted octanol–water partition coefficient (Wildman–Crippen LogP) is 2.09. The van der Waals surface area contributed by atoms with Gasteiger partial charge in [0.05, 0.1) is 6.67 Å². The van der Waals surface area contributed by atoms with Crippen molar-refractivity contribution in [2.75, 3.05) is 13.2 Å². The van der Waals surface area contributed by atoms with Gasteiger partial charge in [-0.3, -0.25) is 5.32 Å². The Morgan fingerprint density at radius 1 is 1.62 bits per heavy atom. The van der Waals surface area contributed by atoms with Gasteiger partial charge in [-0.05, 0) is 25.7 Å². The average Bonchev–Trinajstić information content (AvgIpc) is 2.58. The molecule has 1 aliphatic heterocycles. The summed E-state index contributed by atoms with van der Waals surface area (Å²) < 4.78 is 0. The van der Waals surface area contributed by atoms with Gasteiger partial charge in [0.1, 0.15) is 0 Å². The Morgan fingerprint density at radius 3 is 3.38 bits per heavy atom. The first-order chi connectivity index (χ1) is 6.42. The maximum absolute atomic E-state index is 3.58. The maximum Gasteiger partial charge on any atom is 0.0684 e. The first-order valence-corrected chi connectivity index (χ1v) is 5.60. The van der Waals surface area contributed by atoms with Crippen LogP contribution in [0.15, 0.2) is 11.8 Å². The van der Waals surface area contributed by atoms with E-state index in [9.17, 15) is 0 Å². The molecule has 1 N–H and O–H groups in total. The van der Waals surface area contributed by atoms with Crippen molar-refractivity contribution in [1.82, 2.24) is 10.2 Å². The summed E-state index contributed by atoms with van der Waals surface area (Å²) in [5.41, 5.74) is 1.58. The van der Waals surface area contributed by atoms with Crippen molar-refractivity contribution in [1.29, 1.82) is 0 Å². The zero-order valence-electron chi connectivity index (χ0n) is 8.55. The molecule has 1 unspecified atom stereocenters. The smallest absolute Gasteiger partial charge is 0.0684 e. The SMILES string of the molecule is CCCCN1CNC2CCCC=C21. The Kier molecular flexibility index (Phi) is 2.89. The second-order valence-corrected chi connectivity index (χ2v) is 4.09. The molecule has 1 aliphatic carbocycles. The van der Waals surface area contributed by atoms with E-state index in [1.807, 2.05) is 0 Å². The normalized spacial score (nSPS) is 27.3. The topological polar surface area (TPSA) is 15.3 Å². The van der Waals surface area contributed by atoms with Gasteiger partial charge in [0, 0.05) is 18.3 Å². The molecule has 0 aromatic heterocycles. The molecule has 0 saturated carbocycles. The van der Waals surface area contributed by atoms with Crippen LogP contribution in [-0.2, 0) is 0 Å². The Hall–Kier alpha value is -0.500. The molecule has 2 aliphatic rings. The molecular formula is C11H20N2. The number of nitrogens with zero attached hydrogens (tertiary/aromatic N) is 1. The van der Waals surface area contributed by atoms with E-state index in [1.165, 1.54) is 38.6 Å². The van der Waals surface area contributed by atoms with E-state index < -0.39 is 0 Å². The van der Waals surface area contributed by atoms with Crippen molar-refractivity contribution in [3.05, 3.63) is 11.8 Å². The predicted molar refractivity (Wildman–Crippen MR) is 55.3 cm³/mol. The number of nitrogens with one attached hydrogen (secondary N) is 1. The second-order valence-electron chi connectivity index (χ2n) is 4.09. The van der Waals surface area contributed by atoms with Crippen LogP contribution in [-0.4, -0.2) is 24.2 Å². The summed E-state index contributed by atoms with van der Waals surface area (Å²) in [4.78, 5) is 2.52. The lowest BCUT2D eigenvalue weighted by Gasteiger charge is -2.23. The van der Waals surface area contributed by atoms with Crippen molar-refractivity contribution in [3.8, 4) is 0 Å². The molecule has 0 bridgehead atoms. The van der Waals surface area contributed by atoms with E-state index >= 15 is 0 Å². The van der Waals surface area contributed by atoms with E-state index in [2.05, 4.69) is 23.2 Å². The van der Waals surface area contributed by atoms with Gasteiger partial charge < -0.3 is 4.90 Å². The fourth-order valence-corrected chi connectivity index (χ4v) is 2.29. The molecule has 2 nitrogen and oxygen atoms in total. The van der Waals surface area contributed by atoms with Crippen LogP contribution in [0.5, 0.6) is 0 Å². The van der Waals surface area contributed by atoms with E-state index in [4.69, 9.17) is 0 Å². The monoisotopic (exact) mass is 180 g/mol. The molecule has 1 heterocycles. The molecule has 2 heteroatoms. The molecular weight excluding hydrogens is 160 g/mol. The summed E-state index contributed by atoms with van der Waals surface area (Å²) in [5, 5.41) is 3.58. The minimum Gasteiger partial charge on any atom is -0.361 e. The minimum atomic E-state index is 0.686. The van der Waals surface area contributed by atoms with Gasteiger partial charge in [0.15, 0.2) is 0 Å². The summed E-state index contributed by atoms with van der Waals surface area (Å²) >= 11 is 0. The highest BCUT2D eigenvalue weighted by Gasteiger charge is 2.27. The van der Waals surface area contributed by atoms with Gasteiger partial charge in [-0.25, -0.2) is 0 Å². The fraction of sp³-hybridized carbons (Fsp3) is 0.818. The van der Waals surface area contributed by atoms with Crippen LogP contribution in [0.3, 0.4) is 0 Å². The van der Waals surface area contributed by atoms with Crippen LogP contribution < -0.4 is 5.32 Å². The summed E-state index contributed by atoms with van der Waals surface area (Å²) in [6.45, 7) is 4.58. The Bertz CT molecular complexity index is 198. The highest BCUT2D eigenvalue weighted by molar-refractivity contribution is 5.16. The highest BCUT2D eigenvalue weighted by atomic mass is 15.3. The van der Waals surface area contributed by atoms with Gasteiger partial charge in [-0.1, -0.05) is 19.4 Å². The zero-order chi connectivity index (χ0) is 9.10. The molecule has 74 valence electrons. The third kappa shape index (κ3) is 1.88. The van der Waals surface area contributed by atoms with Gasteiger partial charge in [0.25, 0.3) is 0 Å². The molecule has 0 radical (unpaired) electrons. The quantitative estimate of drug-likeness (QED) is 0.715. The highest BCUT2D eigenvalue weighted by Crippen LogP contribution is 2.25.